The van der Waals surface area contributed by atoms with Crippen LogP contribution in [0, 0.1) is 5.41 Å². The first-order chi connectivity index (χ1) is 13.0. The molecular formula is C21H23Cl2NO3. The van der Waals surface area contributed by atoms with Gasteiger partial charge < -0.3 is 9.47 Å². The van der Waals surface area contributed by atoms with Crippen molar-refractivity contribution < 1.29 is 14.3 Å². The molecule has 0 saturated carbocycles. The molecular weight excluding hydrogens is 385 g/mol. The SMILES string of the molecule is CCCC12CCC(=O)C=C1c1c(cc(OCCC3=NCCO3)c(Cl)c1Cl)C2. The van der Waals surface area contributed by atoms with E-state index in [-0.39, 0.29) is 11.2 Å². The van der Waals surface area contributed by atoms with Crippen molar-refractivity contribution in [3.63, 3.8) is 0 Å². The van der Waals surface area contributed by atoms with E-state index in [0.29, 0.717) is 48.4 Å². The molecule has 1 unspecified atom stereocenters. The van der Waals surface area contributed by atoms with Crippen molar-refractivity contribution in [3.8, 4) is 5.75 Å². The summed E-state index contributed by atoms with van der Waals surface area (Å²) in [4.78, 5) is 16.4. The van der Waals surface area contributed by atoms with Crippen LogP contribution in [0.15, 0.2) is 17.1 Å². The normalized spacial score (nSPS) is 23.4. The molecule has 0 saturated heterocycles. The Hall–Kier alpha value is -1.52. The Labute approximate surface area is 169 Å². The Balaban J connectivity index is 1.63. The summed E-state index contributed by atoms with van der Waals surface area (Å²) in [7, 11) is 0. The third-order valence-corrected chi connectivity index (χ3v) is 6.58. The number of allylic oxidation sites excluding steroid dienone is 2. The Kier molecular flexibility index (Phi) is 5.21. The maximum Gasteiger partial charge on any atom is 0.186 e. The van der Waals surface area contributed by atoms with Gasteiger partial charge in [0, 0.05) is 17.4 Å². The molecule has 4 rings (SSSR count). The molecule has 0 N–H and O–H groups in total. The largest absolute Gasteiger partial charge is 0.491 e. The zero-order valence-corrected chi connectivity index (χ0v) is 17.0. The van der Waals surface area contributed by atoms with Gasteiger partial charge in [0.05, 0.1) is 24.6 Å². The van der Waals surface area contributed by atoms with Gasteiger partial charge in [0.15, 0.2) is 11.7 Å². The molecule has 0 aromatic heterocycles. The van der Waals surface area contributed by atoms with E-state index in [1.807, 2.05) is 6.07 Å². The molecule has 0 spiro atoms. The van der Waals surface area contributed by atoms with E-state index >= 15 is 0 Å². The molecule has 1 aromatic carbocycles. The minimum atomic E-state index is 0.00298. The molecule has 27 heavy (non-hydrogen) atoms. The highest BCUT2D eigenvalue weighted by Gasteiger charge is 2.45. The molecule has 1 aliphatic heterocycles. The molecule has 4 nitrogen and oxygen atoms in total. The number of fused-ring (bicyclic) bond motifs is 3. The molecule has 0 radical (unpaired) electrons. The fourth-order valence-electron chi connectivity index (χ4n) is 4.56. The maximum atomic E-state index is 12.1. The van der Waals surface area contributed by atoms with Gasteiger partial charge in [-0.2, -0.15) is 0 Å². The number of hydrogen-bond acceptors (Lipinski definition) is 4. The highest BCUT2D eigenvalue weighted by atomic mass is 35.5. The standard InChI is InChI=1S/C21H23Cl2NO3/c1-2-5-21-6-3-14(25)11-15(21)18-13(12-21)10-16(19(22)20(18)23)26-8-4-17-24-7-9-27-17/h10-11H,2-9,12H2,1H3. The fourth-order valence-corrected chi connectivity index (χ4v) is 5.08. The monoisotopic (exact) mass is 407 g/mol. The van der Waals surface area contributed by atoms with Crippen LogP contribution in [0.2, 0.25) is 10.0 Å². The van der Waals surface area contributed by atoms with Crippen LogP contribution in [-0.2, 0) is 16.0 Å². The van der Waals surface area contributed by atoms with Crippen molar-refractivity contribution in [1.82, 2.24) is 0 Å². The Morgan fingerprint density at radius 2 is 2.19 bits per heavy atom. The summed E-state index contributed by atoms with van der Waals surface area (Å²) in [5.74, 6) is 1.50. The first-order valence-corrected chi connectivity index (χ1v) is 10.3. The van der Waals surface area contributed by atoms with Crippen LogP contribution in [-0.4, -0.2) is 31.4 Å². The number of carbonyl (C=O) groups is 1. The van der Waals surface area contributed by atoms with Gasteiger partial charge in [-0.25, -0.2) is 0 Å². The minimum absolute atomic E-state index is 0.00298. The zero-order chi connectivity index (χ0) is 19.0. The molecule has 144 valence electrons. The molecule has 0 amide bonds. The smallest absolute Gasteiger partial charge is 0.186 e. The van der Waals surface area contributed by atoms with Crippen LogP contribution in [0.4, 0.5) is 0 Å². The van der Waals surface area contributed by atoms with Crippen LogP contribution in [0.3, 0.4) is 0 Å². The van der Waals surface area contributed by atoms with Gasteiger partial charge in [0.1, 0.15) is 17.4 Å². The number of hydrogen-bond donors (Lipinski definition) is 0. The highest BCUT2D eigenvalue weighted by molar-refractivity contribution is 6.44. The predicted molar refractivity (Wildman–Crippen MR) is 108 cm³/mol. The molecule has 1 heterocycles. The van der Waals surface area contributed by atoms with Crippen molar-refractivity contribution in [2.24, 2.45) is 10.4 Å². The van der Waals surface area contributed by atoms with Gasteiger partial charge in [0.25, 0.3) is 0 Å². The fraction of sp³-hybridized carbons (Fsp3) is 0.524. The van der Waals surface area contributed by atoms with E-state index in [4.69, 9.17) is 32.7 Å². The van der Waals surface area contributed by atoms with Gasteiger partial charge in [-0.3, -0.25) is 9.79 Å². The average Bonchev–Trinajstić information content (AvgIpc) is 3.25. The van der Waals surface area contributed by atoms with Crippen molar-refractivity contribution >= 4 is 40.5 Å². The summed E-state index contributed by atoms with van der Waals surface area (Å²) in [6.45, 7) is 3.99. The molecule has 1 atom stereocenters. The summed E-state index contributed by atoms with van der Waals surface area (Å²) in [5, 5.41) is 0.911. The number of aliphatic imine (C=N–C) groups is 1. The molecule has 0 bridgehead atoms. The number of ketones is 1. The zero-order valence-electron chi connectivity index (χ0n) is 15.4. The second-order valence-electron chi connectivity index (χ2n) is 7.49. The van der Waals surface area contributed by atoms with E-state index in [2.05, 4.69) is 11.9 Å². The highest BCUT2D eigenvalue weighted by Crippen LogP contribution is 2.58. The third kappa shape index (κ3) is 3.38. The van der Waals surface area contributed by atoms with Crippen molar-refractivity contribution in [3.05, 3.63) is 33.3 Å². The lowest BCUT2D eigenvalue weighted by atomic mass is 9.70. The maximum absolute atomic E-state index is 12.1. The number of rotatable bonds is 6. The van der Waals surface area contributed by atoms with Gasteiger partial charge in [-0.1, -0.05) is 36.5 Å². The van der Waals surface area contributed by atoms with Crippen molar-refractivity contribution in [1.29, 1.82) is 0 Å². The lowest BCUT2D eigenvalue weighted by molar-refractivity contribution is -0.115. The molecule has 1 aromatic rings. The summed E-state index contributed by atoms with van der Waals surface area (Å²) in [6.07, 6.45) is 6.89. The molecule has 2 aliphatic carbocycles. The van der Waals surface area contributed by atoms with Crippen LogP contribution in [0.25, 0.3) is 5.57 Å². The summed E-state index contributed by atoms with van der Waals surface area (Å²) in [5.41, 5.74) is 3.15. The van der Waals surface area contributed by atoms with Crippen LogP contribution in [0.1, 0.15) is 50.2 Å². The summed E-state index contributed by atoms with van der Waals surface area (Å²) >= 11 is 13.2. The van der Waals surface area contributed by atoms with Crippen molar-refractivity contribution in [2.45, 2.75) is 45.4 Å². The Morgan fingerprint density at radius 3 is 2.93 bits per heavy atom. The van der Waals surface area contributed by atoms with E-state index in [1.54, 1.807) is 6.08 Å². The van der Waals surface area contributed by atoms with E-state index in [1.165, 1.54) is 0 Å². The minimum Gasteiger partial charge on any atom is -0.491 e. The van der Waals surface area contributed by atoms with Gasteiger partial charge in [-0.15, -0.1) is 0 Å². The Bertz CT molecular complexity index is 846. The Morgan fingerprint density at radius 1 is 1.33 bits per heavy atom. The average molecular weight is 408 g/mol. The number of benzene rings is 1. The molecule has 6 heteroatoms. The lowest BCUT2D eigenvalue weighted by Crippen LogP contribution is -2.25. The quantitative estimate of drug-likeness (QED) is 0.644. The van der Waals surface area contributed by atoms with Gasteiger partial charge in [-0.05, 0) is 42.5 Å². The van der Waals surface area contributed by atoms with Gasteiger partial charge >= 0.3 is 0 Å². The van der Waals surface area contributed by atoms with Crippen LogP contribution in [0.5, 0.6) is 5.75 Å². The van der Waals surface area contributed by atoms with Crippen molar-refractivity contribution in [2.75, 3.05) is 19.8 Å². The predicted octanol–water partition coefficient (Wildman–Crippen LogP) is 5.28. The van der Waals surface area contributed by atoms with Crippen LogP contribution < -0.4 is 4.74 Å². The van der Waals surface area contributed by atoms with Crippen LogP contribution >= 0.6 is 23.2 Å². The summed E-state index contributed by atoms with van der Waals surface area (Å²) in [6, 6.07) is 2.00. The summed E-state index contributed by atoms with van der Waals surface area (Å²) < 4.78 is 11.3. The first kappa shape index (κ1) is 18.8. The number of nitrogens with zero attached hydrogens (tertiary/aromatic N) is 1. The van der Waals surface area contributed by atoms with Gasteiger partial charge in [0.2, 0.25) is 0 Å². The second kappa shape index (κ2) is 7.48. The number of halogens is 2. The number of ether oxygens (including phenoxy) is 2. The molecule has 0 fully saturated rings. The second-order valence-corrected chi connectivity index (χ2v) is 8.25. The van der Waals surface area contributed by atoms with E-state index in [9.17, 15) is 4.79 Å². The first-order valence-electron chi connectivity index (χ1n) is 9.59. The van der Waals surface area contributed by atoms with E-state index in [0.717, 1.165) is 48.3 Å². The molecule has 3 aliphatic rings. The lowest BCUT2D eigenvalue weighted by Gasteiger charge is -2.33. The topological polar surface area (TPSA) is 47.9 Å². The third-order valence-electron chi connectivity index (χ3n) is 5.73. The number of carbonyl (C=O) groups excluding carboxylic acids is 1. The van der Waals surface area contributed by atoms with E-state index < -0.39 is 0 Å².